The number of thioether (sulfide) groups is 1. The monoisotopic (exact) mass is 371 g/mol. The van der Waals surface area contributed by atoms with Crippen molar-refractivity contribution >= 4 is 39.2 Å². The Bertz CT molecular complexity index is 959. The number of para-hydroxylation sites is 1. The van der Waals surface area contributed by atoms with Gasteiger partial charge in [0.2, 0.25) is 5.91 Å². The van der Waals surface area contributed by atoms with E-state index in [-0.39, 0.29) is 11.5 Å². The third-order valence-electron chi connectivity index (χ3n) is 4.26. The van der Waals surface area contributed by atoms with Gasteiger partial charge in [-0.25, -0.2) is 4.98 Å². The van der Waals surface area contributed by atoms with E-state index in [0.717, 1.165) is 31.6 Å². The molecule has 1 aliphatic heterocycles. The van der Waals surface area contributed by atoms with E-state index < -0.39 is 0 Å². The Kier molecular flexibility index (Phi) is 4.59. The summed E-state index contributed by atoms with van der Waals surface area (Å²) < 4.78 is 1.61. The van der Waals surface area contributed by atoms with Crippen LogP contribution in [0.4, 0.5) is 0 Å². The van der Waals surface area contributed by atoms with Gasteiger partial charge in [-0.15, -0.1) is 11.3 Å². The van der Waals surface area contributed by atoms with Crippen LogP contribution in [0.25, 0.3) is 15.9 Å². The first-order chi connectivity index (χ1) is 12.2. The van der Waals surface area contributed by atoms with Gasteiger partial charge in [-0.3, -0.25) is 14.2 Å². The molecule has 4 rings (SSSR count). The zero-order valence-corrected chi connectivity index (χ0v) is 15.2. The minimum Gasteiger partial charge on any atom is -0.342 e. The largest absolute Gasteiger partial charge is 0.342 e. The molecular weight excluding hydrogens is 354 g/mol. The first-order valence-electron chi connectivity index (χ1n) is 8.20. The second-order valence-corrected chi connectivity index (χ2v) is 7.72. The third kappa shape index (κ3) is 3.21. The molecule has 0 atom stereocenters. The number of nitrogens with zero attached hydrogens (tertiary/aromatic N) is 3. The number of hydrogen-bond donors (Lipinski definition) is 0. The molecule has 0 bridgehead atoms. The fourth-order valence-corrected chi connectivity index (χ4v) is 4.70. The van der Waals surface area contributed by atoms with Crippen molar-refractivity contribution in [1.29, 1.82) is 0 Å². The second-order valence-electron chi connectivity index (χ2n) is 5.89. The van der Waals surface area contributed by atoms with E-state index >= 15 is 0 Å². The van der Waals surface area contributed by atoms with E-state index in [2.05, 4.69) is 4.98 Å². The molecule has 25 heavy (non-hydrogen) atoms. The van der Waals surface area contributed by atoms with Crippen LogP contribution in [0.2, 0.25) is 0 Å². The summed E-state index contributed by atoms with van der Waals surface area (Å²) in [6.07, 6.45) is 2.15. The highest BCUT2D eigenvalue weighted by atomic mass is 32.2. The van der Waals surface area contributed by atoms with E-state index in [0.29, 0.717) is 21.1 Å². The maximum absolute atomic E-state index is 12.9. The fourth-order valence-electron chi connectivity index (χ4n) is 2.98. The summed E-state index contributed by atoms with van der Waals surface area (Å²) in [5, 5.41) is 3.06. The Morgan fingerprint density at radius 1 is 1.16 bits per heavy atom. The number of likely N-dealkylation sites (tertiary alicyclic amines) is 1. The molecule has 2 aromatic heterocycles. The maximum atomic E-state index is 12.9. The molecule has 7 heteroatoms. The molecule has 3 heterocycles. The Morgan fingerprint density at radius 2 is 1.92 bits per heavy atom. The molecule has 1 amide bonds. The van der Waals surface area contributed by atoms with Gasteiger partial charge < -0.3 is 4.90 Å². The number of rotatable bonds is 4. The summed E-state index contributed by atoms with van der Waals surface area (Å²) in [6.45, 7) is 1.67. The molecule has 3 aromatic rings. The number of thiophene rings is 1. The first-order valence-corrected chi connectivity index (χ1v) is 10.1. The van der Waals surface area contributed by atoms with Crippen LogP contribution in [0.15, 0.2) is 51.7 Å². The van der Waals surface area contributed by atoms with Gasteiger partial charge in [0, 0.05) is 13.1 Å². The third-order valence-corrected chi connectivity index (χ3v) is 5.99. The lowest BCUT2D eigenvalue weighted by Crippen LogP contribution is -2.29. The van der Waals surface area contributed by atoms with Crippen LogP contribution in [0.1, 0.15) is 12.8 Å². The average molecular weight is 371 g/mol. The summed E-state index contributed by atoms with van der Waals surface area (Å²) in [4.78, 5) is 32.5. The zero-order chi connectivity index (χ0) is 17.2. The average Bonchev–Trinajstić information content (AvgIpc) is 3.32. The summed E-state index contributed by atoms with van der Waals surface area (Å²) in [6, 6.07) is 11.3. The van der Waals surface area contributed by atoms with Crippen molar-refractivity contribution in [2.75, 3.05) is 18.8 Å². The molecule has 1 aliphatic rings. The number of hydrogen-bond acceptors (Lipinski definition) is 5. The molecule has 5 nitrogen and oxygen atoms in total. The number of fused-ring (bicyclic) bond motifs is 1. The number of carbonyl (C=O) groups excluding carboxylic acids is 1. The molecule has 0 radical (unpaired) electrons. The maximum Gasteiger partial charge on any atom is 0.267 e. The van der Waals surface area contributed by atoms with Gasteiger partial charge in [0.15, 0.2) is 5.16 Å². The van der Waals surface area contributed by atoms with Gasteiger partial charge in [0.25, 0.3) is 5.56 Å². The number of amides is 1. The van der Waals surface area contributed by atoms with Crippen LogP contribution in [-0.4, -0.2) is 39.2 Å². The van der Waals surface area contributed by atoms with Crippen molar-refractivity contribution in [3.63, 3.8) is 0 Å². The summed E-state index contributed by atoms with van der Waals surface area (Å²) in [5.74, 6) is 0.415. The van der Waals surface area contributed by atoms with Crippen LogP contribution in [-0.2, 0) is 4.79 Å². The van der Waals surface area contributed by atoms with Crippen LogP contribution in [0, 0.1) is 0 Å². The summed E-state index contributed by atoms with van der Waals surface area (Å²) >= 11 is 2.78. The number of carbonyl (C=O) groups is 1. The Hall–Kier alpha value is -2.12. The minimum absolute atomic E-state index is 0.0893. The Balaban J connectivity index is 1.71. The van der Waals surface area contributed by atoms with Gasteiger partial charge in [0.1, 0.15) is 4.83 Å². The van der Waals surface area contributed by atoms with E-state index in [1.807, 2.05) is 40.6 Å². The van der Waals surface area contributed by atoms with Gasteiger partial charge in [-0.2, -0.15) is 0 Å². The Morgan fingerprint density at radius 3 is 2.68 bits per heavy atom. The topological polar surface area (TPSA) is 55.2 Å². The molecule has 0 spiro atoms. The van der Waals surface area contributed by atoms with Crippen LogP contribution >= 0.6 is 23.1 Å². The molecule has 128 valence electrons. The first kappa shape index (κ1) is 16.4. The second kappa shape index (κ2) is 7.01. The highest BCUT2D eigenvalue weighted by Gasteiger charge is 2.20. The predicted octanol–water partition coefficient (Wildman–Crippen LogP) is 3.16. The zero-order valence-electron chi connectivity index (χ0n) is 13.6. The SMILES string of the molecule is O=C(CSc1nc2sccc2c(=O)n1-c1ccccc1)N1CCCC1. The van der Waals surface area contributed by atoms with E-state index in [1.54, 1.807) is 10.6 Å². The standard InChI is InChI=1S/C18H17N3O2S2/c22-15(20-9-4-5-10-20)12-25-18-19-16-14(8-11-24-16)17(23)21(18)13-6-2-1-3-7-13/h1-3,6-8,11H,4-5,9-10,12H2. The lowest BCUT2D eigenvalue weighted by Gasteiger charge is -2.16. The quantitative estimate of drug-likeness (QED) is 0.522. The summed E-state index contributed by atoms with van der Waals surface area (Å²) in [7, 11) is 0. The van der Waals surface area contributed by atoms with Gasteiger partial charge in [-0.1, -0.05) is 30.0 Å². The molecule has 1 saturated heterocycles. The Labute approximate surface area is 153 Å². The van der Waals surface area contributed by atoms with Crippen molar-refractivity contribution < 1.29 is 4.79 Å². The molecule has 0 N–H and O–H groups in total. The van der Waals surface area contributed by atoms with Crippen LogP contribution in [0.3, 0.4) is 0 Å². The van der Waals surface area contributed by atoms with Crippen LogP contribution in [0.5, 0.6) is 0 Å². The van der Waals surface area contributed by atoms with Crippen molar-refractivity contribution in [1.82, 2.24) is 14.5 Å². The normalized spacial score (nSPS) is 14.3. The number of aromatic nitrogens is 2. The highest BCUT2D eigenvalue weighted by molar-refractivity contribution is 7.99. The van der Waals surface area contributed by atoms with E-state index in [1.165, 1.54) is 23.1 Å². The van der Waals surface area contributed by atoms with Crippen molar-refractivity contribution in [3.8, 4) is 5.69 Å². The molecule has 0 saturated carbocycles. The molecule has 1 fully saturated rings. The lowest BCUT2D eigenvalue weighted by molar-refractivity contribution is -0.127. The van der Waals surface area contributed by atoms with Gasteiger partial charge in [0.05, 0.1) is 16.8 Å². The predicted molar refractivity (Wildman–Crippen MR) is 102 cm³/mol. The van der Waals surface area contributed by atoms with Crippen molar-refractivity contribution in [2.45, 2.75) is 18.0 Å². The van der Waals surface area contributed by atoms with Crippen molar-refractivity contribution in [3.05, 3.63) is 52.1 Å². The molecule has 0 aliphatic carbocycles. The van der Waals surface area contributed by atoms with Crippen molar-refractivity contribution in [2.24, 2.45) is 0 Å². The van der Waals surface area contributed by atoms with Gasteiger partial charge in [-0.05, 0) is 36.4 Å². The molecule has 0 unspecified atom stereocenters. The van der Waals surface area contributed by atoms with Gasteiger partial charge >= 0.3 is 0 Å². The molecular formula is C18H17N3O2S2. The van der Waals surface area contributed by atoms with Crippen LogP contribution < -0.4 is 5.56 Å². The van der Waals surface area contributed by atoms with E-state index in [9.17, 15) is 9.59 Å². The minimum atomic E-state index is -0.0893. The highest BCUT2D eigenvalue weighted by Crippen LogP contribution is 2.24. The fraction of sp³-hybridized carbons (Fsp3) is 0.278. The molecule has 1 aromatic carbocycles. The lowest BCUT2D eigenvalue weighted by atomic mass is 10.3. The smallest absolute Gasteiger partial charge is 0.267 e. The van der Waals surface area contributed by atoms with E-state index in [4.69, 9.17) is 0 Å². The number of benzene rings is 1. The summed E-state index contributed by atoms with van der Waals surface area (Å²) in [5.41, 5.74) is 0.679.